The van der Waals surface area contributed by atoms with Crippen molar-refractivity contribution in [2.24, 2.45) is 4.99 Å². The Kier molecular flexibility index (Phi) is 5.81. The van der Waals surface area contributed by atoms with Crippen LogP contribution in [0.5, 0.6) is 5.75 Å². The third-order valence-electron chi connectivity index (χ3n) is 5.35. The standard InChI is InChI=1S/C22H21F3N4O2S/c1-2-18(30)27-16-6-3-5-15(13-16)21(19-26-11-4-12-29(19)20(32)28-21)14-7-9-17(10-8-14)31-22(23,24)25/h3,5-10,13H,2,4,11-12H2,1H3,(H,27,30)(H,28,32). The van der Waals surface area contributed by atoms with E-state index in [0.717, 1.165) is 12.0 Å². The van der Waals surface area contributed by atoms with E-state index < -0.39 is 11.9 Å². The van der Waals surface area contributed by atoms with Crippen molar-refractivity contribution in [3.05, 3.63) is 59.7 Å². The number of nitrogens with zero attached hydrogens (tertiary/aromatic N) is 2. The van der Waals surface area contributed by atoms with Crippen molar-refractivity contribution in [3.63, 3.8) is 0 Å². The van der Waals surface area contributed by atoms with Crippen molar-refractivity contribution in [2.45, 2.75) is 31.7 Å². The van der Waals surface area contributed by atoms with Gasteiger partial charge >= 0.3 is 6.36 Å². The zero-order valence-corrected chi connectivity index (χ0v) is 18.0. The minimum Gasteiger partial charge on any atom is -0.406 e. The lowest BCUT2D eigenvalue weighted by Crippen LogP contribution is -2.46. The molecule has 1 amide bonds. The van der Waals surface area contributed by atoms with Gasteiger partial charge in [-0.05, 0) is 54.0 Å². The maximum atomic E-state index is 12.6. The average Bonchev–Trinajstić information content (AvgIpc) is 3.07. The summed E-state index contributed by atoms with van der Waals surface area (Å²) in [6, 6.07) is 12.9. The molecule has 1 fully saturated rings. The lowest BCUT2D eigenvalue weighted by molar-refractivity contribution is -0.274. The Morgan fingerprint density at radius 3 is 2.69 bits per heavy atom. The molecule has 2 N–H and O–H groups in total. The molecule has 0 aromatic heterocycles. The zero-order chi connectivity index (χ0) is 22.9. The molecule has 168 valence electrons. The normalized spacial score (nSPS) is 20.3. The highest BCUT2D eigenvalue weighted by molar-refractivity contribution is 7.80. The second-order valence-electron chi connectivity index (χ2n) is 7.45. The monoisotopic (exact) mass is 462 g/mol. The van der Waals surface area contributed by atoms with Crippen LogP contribution in [-0.4, -0.2) is 41.2 Å². The third-order valence-corrected chi connectivity index (χ3v) is 5.68. The van der Waals surface area contributed by atoms with Crippen molar-refractivity contribution >= 4 is 34.8 Å². The number of aliphatic imine (C=N–C) groups is 1. The highest BCUT2D eigenvalue weighted by Gasteiger charge is 2.50. The Morgan fingerprint density at radius 2 is 2.00 bits per heavy atom. The van der Waals surface area contributed by atoms with Crippen LogP contribution in [0.15, 0.2) is 53.5 Å². The Morgan fingerprint density at radius 1 is 1.25 bits per heavy atom. The molecular weight excluding hydrogens is 441 g/mol. The van der Waals surface area contributed by atoms with Gasteiger partial charge in [0.15, 0.2) is 5.11 Å². The Balaban J connectivity index is 1.83. The zero-order valence-electron chi connectivity index (χ0n) is 17.2. The molecule has 2 aliphatic heterocycles. The molecule has 10 heteroatoms. The predicted molar refractivity (Wildman–Crippen MR) is 119 cm³/mol. The molecule has 0 spiro atoms. The van der Waals surface area contributed by atoms with Crippen molar-refractivity contribution < 1.29 is 22.7 Å². The topological polar surface area (TPSA) is 66.0 Å². The summed E-state index contributed by atoms with van der Waals surface area (Å²) in [5.41, 5.74) is 0.993. The van der Waals surface area contributed by atoms with Crippen molar-refractivity contribution in [2.75, 3.05) is 18.4 Å². The van der Waals surface area contributed by atoms with Crippen LogP contribution >= 0.6 is 12.2 Å². The third kappa shape index (κ3) is 4.14. The molecule has 4 rings (SSSR count). The number of nitrogens with one attached hydrogen (secondary N) is 2. The molecule has 6 nitrogen and oxygen atoms in total. The van der Waals surface area contributed by atoms with Gasteiger partial charge in [0.2, 0.25) is 5.91 Å². The van der Waals surface area contributed by atoms with Crippen LogP contribution in [0.1, 0.15) is 30.9 Å². The average molecular weight is 462 g/mol. The predicted octanol–water partition coefficient (Wildman–Crippen LogP) is 4.17. The number of fused-ring (bicyclic) bond motifs is 1. The molecule has 0 aliphatic carbocycles. The van der Waals surface area contributed by atoms with Crippen LogP contribution in [-0.2, 0) is 10.3 Å². The van der Waals surface area contributed by atoms with E-state index in [2.05, 4.69) is 15.4 Å². The quantitative estimate of drug-likeness (QED) is 0.653. The molecule has 2 aromatic carbocycles. The number of rotatable bonds is 5. The van der Waals surface area contributed by atoms with E-state index in [1.54, 1.807) is 31.2 Å². The van der Waals surface area contributed by atoms with Gasteiger partial charge in [0.1, 0.15) is 17.1 Å². The van der Waals surface area contributed by atoms with Gasteiger partial charge in [-0.1, -0.05) is 31.2 Å². The van der Waals surface area contributed by atoms with Crippen LogP contribution in [0.3, 0.4) is 0 Å². The van der Waals surface area contributed by atoms with Crippen molar-refractivity contribution in [1.29, 1.82) is 0 Å². The molecule has 2 aliphatic rings. The molecule has 0 bridgehead atoms. The summed E-state index contributed by atoms with van der Waals surface area (Å²) >= 11 is 5.58. The summed E-state index contributed by atoms with van der Waals surface area (Å²) in [4.78, 5) is 18.6. The van der Waals surface area contributed by atoms with E-state index in [-0.39, 0.29) is 11.7 Å². The second-order valence-corrected chi connectivity index (χ2v) is 7.83. The van der Waals surface area contributed by atoms with Gasteiger partial charge in [0, 0.05) is 25.2 Å². The van der Waals surface area contributed by atoms with Gasteiger partial charge in [0.25, 0.3) is 0 Å². The Hall–Kier alpha value is -3.14. The van der Waals surface area contributed by atoms with Gasteiger partial charge in [-0.3, -0.25) is 9.79 Å². The first-order valence-electron chi connectivity index (χ1n) is 10.1. The number of carbonyl (C=O) groups excluding carboxylic acids is 1. The minimum atomic E-state index is -4.78. The molecule has 32 heavy (non-hydrogen) atoms. The lowest BCUT2D eigenvalue weighted by Gasteiger charge is -2.33. The highest BCUT2D eigenvalue weighted by Crippen LogP contribution is 2.40. The molecule has 2 aromatic rings. The number of amidine groups is 1. The van der Waals surface area contributed by atoms with Crippen LogP contribution in [0.25, 0.3) is 0 Å². The summed E-state index contributed by atoms with van der Waals surface area (Å²) in [5, 5.41) is 6.69. The van der Waals surface area contributed by atoms with Crippen molar-refractivity contribution in [1.82, 2.24) is 10.2 Å². The van der Waals surface area contributed by atoms with Crippen LogP contribution in [0.4, 0.5) is 18.9 Å². The van der Waals surface area contributed by atoms with Gasteiger partial charge in [-0.2, -0.15) is 0 Å². The first-order chi connectivity index (χ1) is 15.2. The summed E-state index contributed by atoms with van der Waals surface area (Å²) in [5.74, 6) is 0.233. The summed E-state index contributed by atoms with van der Waals surface area (Å²) < 4.78 is 41.9. The first-order valence-corrected chi connectivity index (χ1v) is 10.5. The number of carbonyl (C=O) groups is 1. The maximum Gasteiger partial charge on any atom is 0.573 e. The second kappa shape index (κ2) is 8.42. The summed E-state index contributed by atoms with van der Waals surface area (Å²) in [7, 11) is 0. The summed E-state index contributed by atoms with van der Waals surface area (Å²) in [6.45, 7) is 3.06. The van der Waals surface area contributed by atoms with E-state index >= 15 is 0 Å². The fraction of sp³-hybridized carbons (Fsp3) is 0.318. The molecule has 2 heterocycles. The highest BCUT2D eigenvalue weighted by atomic mass is 32.1. The summed E-state index contributed by atoms with van der Waals surface area (Å²) in [6.07, 6.45) is -3.60. The maximum absolute atomic E-state index is 12.6. The Labute approximate surface area is 188 Å². The number of hydrogen-bond donors (Lipinski definition) is 2. The molecule has 0 saturated carbocycles. The van der Waals surface area contributed by atoms with Crippen molar-refractivity contribution in [3.8, 4) is 5.75 Å². The number of benzene rings is 2. The van der Waals surface area contributed by atoms with E-state index in [4.69, 9.17) is 17.2 Å². The van der Waals surface area contributed by atoms with E-state index in [1.165, 1.54) is 12.1 Å². The fourth-order valence-corrected chi connectivity index (χ4v) is 4.29. The smallest absolute Gasteiger partial charge is 0.406 e. The SMILES string of the molecule is CCC(=O)Nc1cccc(C2(c3ccc(OC(F)(F)F)cc3)NC(=S)N3CCCN=C32)c1. The van der Waals surface area contributed by atoms with E-state index in [9.17, 15) is 18.0 Å². The van der Waals surface area contributed by atoms with Gasteiger partial charge in [0.05, 0.1) is 0 Å². The lowest BCUT2D eigenvalue weighted by atomic mass is 9.81. The van der Waals surface area contributed by atoms with Gasteiger partial charge in [-0.25, -0.2) is 0 Å². The molecule has 1 unspecified atom stereocenters. The number of amides is 1. The molecule has 0 radical (unpaired) electrons. The Bertz CT molecular complexity index is 1070. The number of alkyl halides is 3. The van der Waals surface area contributed by atoms with Crippen LogP contribution < -0.4 is 15.4 Å². The number of hydrogen-bond acceptors (Lipinski definition) is 4. The molecule has 1 atom stereocenters. The first kappa shape index (κ1) is 22.1. The molecule has 1 saturated heterocycles. The van der Waals surface area contributed by atoms with Crippen LogP contribution in [0, 0.1) is 0 Å². The number of halogens is 3. The largest absolute Gasteiger partial charge is 0.573 e. The van der Waals surface area contributed by atoms with Crippen LogP contribution in [0.2, 0.25) is 0 Å². The van der Waals surface area contributed by atoms with Gasteiger partial charge < -0.3 is 20.3 Å². The minimum absolute atomic E-state index is 0.128. The van der Waals surface area contributed by atoms with E-state index in [1.807, 2.05) is 17.0 Å². The number of ether oxygens (including phenoxy) is 1. The van der Waals surface area contributed by atoms with Gasteiger partial charge in [-0.15, -0.1) is 13.2 Å². The van der Waals surface area contributed by atoms with E-state index in [0.29, 0.717) is 41.7 Å². The molecular formula is C22H21F3N4O2S. The number of thiocarbonyl (C=S) groups is 1. The fourth-order valence-electron chi connectivity index (χ4n) is 3.96. The number of anilines is 1.